The van der Waals surface area contributed by atoms with Gasteiger partial charge in [0.1, 0.15) is 4.83 Å². The van der Waals surface area contributed by atoms with Gasteiger partial charge in [-0.15, -0.1) is 23.7 Å². The van der Waals surface area contributed by atoms with Gasteiger partial charge in [-0.25, -0.2) is 4.68 Å². The standard InChI is InChI=1S/C20H25ClN4OS.ClH/c1-13-16-10-17(18(26)22-11-20(2,3)12-24(4)5)27-19(16)25(23-13)15-8-6-14(21)7-9-15;/h6-10H,11-12H2,1-5H3,(H,22,26);1H. The monoisotopic (exact) mass is 440 g/mol. The van der Waals surface area contributed by atoms with Gasteiger partial charge in [-0.1, -0.05) is 25.4 Å². The Morgan fingerprint density at radius 2 is 1.93 bits per heavy atom. The summed E-state index contributed by atoms with van der Waals surface area (Å²) in [6, 6.07) is 9.47. The van der Waals surface area contributed by atoms with E-state index in [0.29, 0.717) is 16.4 Å². The van der Waals surface area contributed by atoms with E-state index in [9.17, 15) is 4.79 Å². The Morgan fingerprint density at radius 3 is 2.54 bits per heavy atom. The van der Waals surface area contributed by atoms with Crippen LogP contribution in [0.4, 0.5) is 0 Å². The van der Waals surface area contributed by atoms with Gasteiger partial charge < -0.3 is 10.2 Å². The number of aromatic nitrogens is 2. The molecule has 1 amide bonds. The number of hydrogen-bond donors (Lipinski definition) is 1. The van der Waals surface area contributed by atoms with Gasteiger partial charge in [-0.3, -0.25) is 4.79 Å². The highest BCUT2D eigenvalue weighted by Crippen LogP contribution is 2.30. The lowest BCUT2D eigenvalue weighted by Gasteiger charge is -2.28. The molecule has 0 spiro atoms. The molecule has 2 heterocycles. The summed E-state index contributed by atoms with van der Waals surface area (Å²) in [4.78, 5) is 16.5. The molecule has 0 saturated carbocycles. The maximum absolute atomic E-state index is 12.7. The van der Waals surface area contributed by atoms with Crippen molar-refractivity contribution in [2.75, 3.05) is 27.2 Å². The molecule has 3 rings (SSSR count). The molecule has 8 heteroatoms. The van der Waals surface area contributed by atoms with E-state index in [1.54, 1.807) is 0 Å². The smallest absolute Gasteiger partial charge is 0.261 e. The Balaban J connectivity index is 0.00000280. The first kappa shape index (κ1) is 22.7. The first-order valence-electron chi connectivity index (χ1n) is 8.84. The number of halogens is 2. The van der Waals surface area contributed by atoms with Crippen LogP contribution >= 0.6 is 35.3 Å². The third-order valence-corrected chi connectivity index (χ3v) is 5.67. The van der Waals surface area contributed by atoms with Gasteiger partial charge in [0.15, 0.2) is 0 Å². The van der Waals surface area contributed by atoms with Crippen LogP contribution in [-0.2, 0) is 0 Å². The third kappa shape index (κ3) is 5.06. The van der Waals surface area contributed by atoms with Gasteiger partial charge in [0.05, 0.1) is 16.3 Å². The number of nitrogens with one attached hydrogen (secondary N) is 1. The number of amides is 1. The number of rotatable bonds is 6. The largest absolute Gasteiger partial charge is 0.351 e. The normalized spacial score (nSPS) is 11.7. The van der Waals surface area contributed by atoms with Gasteiger partial charge in [0.2, 0.25) is 0 Å². The number of fused-ring (bicyclic) bond motifs is 1. The lowest BCUT2D eigenvalue weighted by atomic mass is 9.93. The Kier molecular flexibility index (Phi) is 7.15. The molecule has 0 aliphatic carbocycles. The highest BCUT2D eigenvalue weighted by atomic mass is 35.5. The van der Waals surface area contributed by atoms with Crippen LogP contribution in [0.1, 0.15) is 29.2 Å². The summed E-state index contributed by atoms with van der Waals surface area (Å²) in [5.74, 6) is -0.0370. The molecular formula is C20H26Cl2N4OS. The van der Waals surface area contributed by atoms with Gasteiger partial charge in [-0.05, 0) is 56.8 Å². The molecule has 0 aliphatic heterocycles. The molecule has 5 nitrogen and oxygen atoms in total. The van der Waals surface area contributed by atoms with E-state index in [1.807, 2.05) is 56.0 Å². The Morgan fingerprint density at radius 1 is 1.29 bits per heavy atom. The van der Waals surface area contributed by atoms with Crippen molar-refractivity contribution in [2.45, 2.75) is 20.8 Å². The molecular weight excluding hydrogens is 415 g/mol. The van der Waals surface area contributed by atoms with Crippen LogP contribution in [0.3, 0.4) is 0 Å². The van der Waals surface area contributed by atoms with E-state index in [0.717, 1.165) is 28.1 Å². The summed E-state index contributed by atoms with van der Waals surface area (Å²) in [6.07, 6.45) is 0. The van der Waals surface area contributed by atoms with E-state index in [2.05, 4.69) is 29.2 Å². The number of hydrogen-bond acceptors (Lipinski definition) is 4. The van der Waals surface area contributed by atoms with Crippen molar-refractivity contribution in [1.29, 1.82) is 0 Å². The van der Waals surface area contributed by atoms with Crippen LogP contribution in [0.15, 0.2) is 30.3 Å². The zero-order valence-corrected chi connectivity index (χ0v) is 19.1. The van der Waals surface area contributed by atoms with Crippen molar-refractivity contribution in [3.8, 4) is 5.69 Å². The molecule has 0 saturated heterocycles. The molecule has 152 valence electrons. The Hall–Kier alpha value is -1.60. The van der Waals surface area contributed by atoms with Crippen molar-refractivity contribution in [2.24, 2.45) is 5.41 Å². The van der Waals surface area contributed by atoms with Crippen LogP contribution in [0.5, 0.6) is 0 Å². The second-order valence-corrected chi connectivity index (χ2v) is 9.35. The molecule has 2 aromatic heterocycles. The minimum Gasteiger partial charge on any atom is -0.351 e. The van der Waals surface area contributed by atoms with Crippen LogP contribution in [0.25, 0.3) is 15.9 Å². The van der Waals surface area contributed by atoms with Gasteiger partial charge >= 0.3 is 0 Å². The molecule has 0 aliphatic rings. The van der Waals surface area contributed by atoms with Crippen LogP contribution in [-0.4, -0.2) is 47.8 Å². The average molecular weight is 441 g/mol. The number of thiophene rings is 1. The first-order chi connectivity index (χ1) is 12.7. The maximum Gasteiger partial charge on any atom is 0.261 e. The summed E-state index contributed by atoms with van der Waals surface area (Å²) in [5.41, 5.74) is 1.84. The number of aryl methyl sites for hydroxylation is 1. The SMILES string of the molecule is Cc1nn(-c2ccc(Cl)cc2)c2sc(C(=O)NCC(C)(C)CN(C)C)cc12.Cl. The fourth-order valence-corrected chi connectivity index (χ4v) is 4.46. The van der Waals surface area contributed by atoms with Gasteiger partial charge in [-0.2, -0.15) is 5.10 Å². The molecule has 28 heavy (non-hydrogen) atoms. The van der Waals surface area contributed by atoms with Crippen LogP contribution < -0.4 is 5.32 Å². The van der Waals surface area contributed by atoms with E-state index in [-0.39, 0.29) is 23.7 Å². The molecule has 1 N–H and O–H groups in total. The van der Waals surface area contributed by atoms with E-state index in [1.165, 1.54) is 11.3 Å². The van der Waals surface area contributed by atoms with E-state index in [4.69, 9.17) is 11.6 Å². The average Bonchev–Trinajstić information content (AvgIpc) is 3.13. The summed E-state index contributed by atoms with van der Waals surface area (Å²) in [5, 5.41) is 9.39. The first-order valence-corrected chi connectivity index (χ1v) is 10.0. The Labute approximate surface area is 181 Å². The van der Waals surface area contributed by atoms with Crippen molar-refractivity contribution < 1.29 is 4.79 Å². The summed E-state index contributed by atoms with van der Waals surface area (Å²) >= 11 is 7.45. The van der Waals surface area contributed by atoms with Gasteiger partial charge in [0, 0.05) is 23.5 Å². The fourth-order valence-electron chi connectivity index (χ4n) is 3.24. The second kappa shape index (κ2) is 8.82. The predicted octanol–water partition coefficient (Wildman–Crippen LogP) is 4.79. The van der Waals surface area contributed by atoms with Crippen molar-refractivity contribution in [3.05, 3.63) is 45.9 Å². The lowest BCUT2D eigenvalue weighted by molar-refractivity contribution is 0.0933. The predicted molar refractivity (Wildman–Crippen MR) is 121 cm³/mol. The maximum atomic E-state index is 12.7. The summed E-state index contributed by atoms with van der Waals surface area (Å²) in [6.45, 7) is 7.80. The highest BCUT2D eigenvalue weighted by Gasteiger charge is 2.22. The number of carbonyl (C=O) groups is 1. The topological polar surface area (TPSA) is 50.2 Å². The molecule has 0 unspecified atom stereocenters. The van der Waals surface area contributed by atoms with Crippen LogP contribution in [0, 0.1) is 12.3 Å². The number of nitrogens with zero attached hydrogens (tertiary/aromatic N) is 3. The third-order valence-electron chi connectivity index (χ3n) is 4.31. The molecule has 0 bridgehead atoms. The summed E-state index contributed by atoms with van der Waals surface area (Å²) < 4.78 is 1.87. The second-order valence-electron chi connectivity index (χ2n) is 7.89. The van der Waals surface area contributed by atoms with Crippen LogP contribution in [0.2, 0.25) is 5.02 Å². The minimum absolute atomic E-state index is 0. The zero-order chi connectivity index (χ0) is 19.8. The zero-order valence-electron chi connectivity index (χ0n) is 16.7. The number of carbonyl (C=O) groups excluding carboxylic acids is 1. The summed E-state index contributed by atoms with van der Waals surface area (Å²) in [7, 11) is 4.09. The fraction of sp³-hybridized carbons (Fsp3) is 0.400. The molecule has 0 radical (unpaired) electrons. The molecule has 1 aromatic carbocycles. The molecule has 0 fully saturated rings. The van der Waals surface area contributed by atoms with Gasteiger partial charge in [0.25, 0.3) is 5.91 Å². The highest BCUT2D eigenvalue weighted by molar-refractivity contribution is 7.20. The van der Waals surface area contributed by atoms with Crippen molar-refractivity contribution >= 4 is 51.5 Å². The van der Waals surface area contributed by atoms with Crippen molar-refractivity contribution in [1.82, 2.24) is 20.0 Å². The van der Waals surface area contributed by atoms with E-state index >= 15 is 0 Å². The molecule has 3 aromatic rings. The Bertz CT molecular complexity index is 961. The van der Waals surface area contributed by atoms with E-state index < -0.39 is 0 Å². The quantitative estimate of drug-likeness (QED) is 0.599. The lowest BCUT2D eigenvalue weighted by Crippen LogP contribution is -2.39. The number of benzene rings is 1. The molecule has 0 atom stereocenters. The minimum atomic E-state index is -0.0370. The van der Waals surface area contributed by atoms with Crippen molar-refractivity contribution in [3.63, 3.8) is 0 Å².